The van der Waals surface area contributed by atoms with Crippen molar-refractivity contribution < 1.29 is 20.1 Å². The Hall–Kier alpha value is -3.73. The molecule has 0 atom stereocenters. The maximum atomic E-state index is 4.82. The largest absolute Gasteiger partial charge is 0.305 e. The van der Waals surface area contributed by atoms with E-state index in [0.29, 0.717) is 0 Å². The van der Waals surface area contributed by atoms with E-state index in [1.165, 1.54) is 72.4 Å². The molecule has 1 aliphatic rings. The van der Waals surface area contributed by atoms with Gasteiger partial charge in [-0.25, -0.2) is 0 Å². The van der Waals surface area contributed by atoms with E-state index in [1.807, 2.05) is 48.0 Å². The Morgan fingerprint density at radius 3 is 2.30 bits per heavy atom. The Bertz CT molecular complexity index is 2080. The molecule has 0 saturated carbocycles. The second-order valence-electron chi connectivity index (χ2n) is 12.7. The van der Waals surface area contributed by atoms with Gasteiger partial charge >= 0.3 is 0 Å². The van der Waals surface area contributed by atoms with E-state index in [1.54, 1.807) is 0 Å². The van der Waals surface area contributed by atoms with E-state index in [2.05, 4.69) is 116 Å². The van der Waals surface area contributed by atoms with Crippen molar-refractivity contribution in [2.75, 3.05) is 0 Å². The summed E-state index contributed by atoms with van der Waals surface area (Å²) in [7, 11) is -1.23. The molecule has 0 saturated heterocycles. The molecule has 231 valence electrons. The van der Waals surface area contributed by atoms with Gasteiger partial charge in [0.1, 0.15) is 0 Å². The van der Waals surface area contributed by atoms with Gasteiger partial charge in [0.25, 0.3) is 0 Å². The Morgan fingerprint density at radius 1 is 0.717 bits per heavy atom. The van der Waals surface area contributed by atoms with Crippen molar-refractivity contribution >= 4 is 44.8 Å². The van der Waals surface area contributed by atoms with Gasteiger partial charge in [0.2, 0.25) is 0 Å². The third-order valence-corrected chi connectivity index (χ3v) is 11.9. The van der Waals surface area contributed by atoms with Crippen molar-refractivity contribution in [3.8, 4) is 33.6 Å². The molecule has 2 nitrogen and oxygen atoms in total. The molecule has 4 aromatic carbocycles. The molecule has 3 heterocycles. The second kappa shape index (κ2) is 13.9. The third kappa shape index (κ3) is 6.70. The van der Waals surface area contributed by atoms with Gasteiger partial charge in [0.15, 0.2) is 0 Å². The Kier molecular flexibility index (Phi) is 9.77. The van der Waals surface area contributed by atoms with E-state index in [4.69, 9.17) is 4.98 Å². The normalized spacial score (nSPS) is 12.6. The van der Waals surface area contributed by atoms with Crippen LogP contribution >= 0.6 is 11.3 Å². The number of nitrogens with zero attached hydrogens (tertiary/aromatic N) is 2. The number of thiophene rings is 1. The van der Waals surface area contributed by atoms with Gasteiger partial charge in [0.05, 0.1) is 8.07 Å². The van der Waals surface area contributed by atoms with Gasteiger partial charge in [-0.3, -0.25) is 0 Å². The fourth-order valence-electron chi connectivity index (χ4n) is 6.16. The Labute approximate surface area is 291 Å². The van der Waals surface area contributed by atoms with E-state index in [9.17, 15) is 0 Å². The van der Waals surface area contributed by atoms with E-state index < -0.39 is 8.07 Å². The molecule has 0 aliphatic heterocycles. The van der Waals surface area contributed by atoms with Crippen molar-refractivity contribution in [1.29, 1.82) is 0 Å². The number of fused-ring (bicyclic) bond motifs is 4. The van der Waals surface area contributed by atoms with Crippen molar-refractivity contribution in [2.45, 2.75) is 45.3 Å². The van der Waals surface area contributed by atoms with Crippen LogP contribution in [0.25, 0.3) is 53.8 Å². The van der Waals surface area contributed by atoms with Crippen LogP contribution < -0.4 is 5.19 Å². The average molecular weight is 809 g/mol. The van der Waals surface area contributed by atoms with Gasteiger partial charge in [-0.05, 0) is 75.6 Å². The minimum Gasteiger partial charge on any atom is -0.305 e. The van der Waals surface area contributed by atoms with Crippen LogP contribution in [-0.4, -0.2) is 18.0 Å². The number of pyridine rings is 2. The summed E-state index contributed by atoms with van der Waals surface area (Å²) < 4.78 is 2.63. The number of hydrogen-bond donors (Lipinski definition) is 0. The monoisotopic (exact) mass is 809 g/mol. The topological polar surface area (TPSA) is 25.8 Å². The Morgan fingerprint density at radius 2 is 1.54 bits per heavy atom. The first-order valence-electron chi connectivity index (χ1n) is 15.8. The number of hydrogen-bond acceptors (Lipinski definition) is 3. The molecule has 0 unspecified atom stereocenters. The third-order valence-electron chi connectivity index (χ3n) is 8.67. The fourth-order valence-corrected chi connectivity index (χ4v) is 8.43. The zero-order valence-electron chi connectivity index (χ0n) is 26.4. The van der Waals surface area contributed by atoms with E-state index in [0.717, 1.165) is 23.4 Å². The predicted octanol–water partition coefficient (Wildman–Crippen LogP) is 10.6. The minimum absolute atomic E-state index is 0. The number of benzene rings is 4. The summed E-state index contributed by atoms with van der Waals surface area (Å²) in [5, 5.41) is 4.03. The molecule has 5 heteroatoms. The summed E-state index contributed by atoms with van der Waals surface area (Å²) in [6, 6.07) is 42.9. The molecule has 0 spiro atoms. The molecule has 0 fully saturated rings. The average Bonchev–Trinajstić information content (AvgIpc) is 3.47. The maximum Gasteiger partial charge on any atom is 0.0795 e. The van der Waals surface area contributed by atoms with Gasteiger partial charge in [0, 0.05) is 37.2 Å². The van der Waals surface area contributed by atoms with Crippen molar-refractivity contribution in [1.82, 2.24) is 9.97 Å². The zero-order chi connectivity index (χ0) is 30.8. The van der Waals surface area contributed by atoms with Crippen LogP contribution in [0.3, 0.4) is 0 Å². The smallest absolute Gasteiger partial charge is 0.0795 e. The summed E-state index contributed by atoms with van der Waals surface area (Å²) in [4.78, 5) is 9.34. The van der Waals surface area contributed by atoms with E-state index >= 15 is 0 Å². The summed E-state index contributed by atoms with van der Waals surface area (Å²) in [5.41, 5.74) is 9.81. The summed E-state index contributed by atoms with van der Waals surface area (Å²) in [6.45, 7) is 7.00. The van der Waals surface area contributed by atoms with Crippen LogP contribution in [0.15, 0.2) is 116 Å². The Balaban J connectivity index is 0.000000187. The zero-order valence-corrected chi connectivity index (χ0v) is 30.6. The fraction of sp³-hybridized carbons (Fsp3) is 0.171. The van der Waals surface area contributed by atoms with Crippen molar-refractivity contribution in [3.05, 3.63) is 139 Å². The second-order valence-corrected chi connectivity index (χ2v) is 18.9. The molecule has 46 heavy (non-hydrogen) atoms. The number of rotatable bonds is 4. The molecule has 0 bridgehead atoms. The first-order chi connectivity index (χ1) is 22.0. The first-order valence-corrected chi connectivity index (χ1v) is 20.1. The van der Waals surface area contributed by atoms with Gasteiger partial charge < -0.3 is 9.97 Å². The maximum absolute atomic E-state index is 4.82. The number of aromatic nitrogens is 2. The molecule has 7 aromatic rings. The quantitative estimate of drug-likeness (QED) is 0.131. The first kappa shape index (κ1) is 32.2. The van der Waals surface area contributed by atoms with Crippen LogP contribution in [0.4, 0.5) is 0 Å². The molecular formula is C41H36IrN2SSi-2. The van der Waals surface area contributed by atoms with Gasteiger partial charge in [-0.1, -0.05) is 90.8 Å². The van der Waals surface area contributed by atoms with Crippen LogP contribution in [0.2, 0.25) is 19.6 Å². The molecule has 1 aliphatic carbocycles. The van der Waals surface area contributed by atoms with Crippen LogP contribution in [0.1, 0.15) is 24.0 Å². The molecule has 0 N–H and O–H groups in total. The standard InChI is InChI=1S/C27H20NS.C14H16NSi.Ir/c1-2-7-18(8-3-1)20-13-14-22-23-11-6-12-24(27(23)29-25(22)17-20)26-21-10-5-4-9-19(21)15-16-28-26;1-16(2,3)13-9-10-14(15-11-13)12-7-5-4-6-8-12;/h1-3,6-8,11,13-17H,4-5,9-10H2;4-7,9-11H,1-3H3;/q2*-1;. The molecule has 1 radical (unpaired) electrons. The molecule has 3 aromatic heterocycles. The van der Waals surface area contributed by atoms with Crippen LogP contribution in [0, 0.1) is 12.1 Å². The molecule has 8 rings (SSSR count). The van der Waals surface area contributed by atoms with Crippen molar-refractivity contribution in [2.24, 2.45) is 0 Å². The van der Waals surface area contributed by atoms with Gasteiger partial charge in [-0.2, -0.15) is 11.3 Å². The SMILES string of the molecule is C[Si](C)(C)c1ccc(-c2[c-]cccc2)nc1.[Ir].[c-]1ccc2c(sc3cc(-c4ccccc4)ccc32)c1-c1nccc2c1CCCC2. The number of aryl methyl sites for hydroxylation is 1. The summed E-state index contributed by atoms with van der Waals surface area (Å²) in [5.74, 6) is 0. The summed E-state index contributed by atoms with van der Waals surface area (Å²) in [6.07, 6.45) is 8.85. The summed E-state index contributed by atoms with van der Waals surface area (Å²) >= 11 is 1.87. The molecular weight excluding hydrogens is 773 g/mol. The van der Waals surface area contributed by atoms with E-state index in [-0.39, 0.29) is 20.1 Å². The van der Waals surface area contributed by atoms with Crippen LogP contribution in [-0.2, 0) is 32.9 Å². The van der Waals surface area contributed by atoms with Crippen LogP contribution in [0.5, 0.6) is 0 Å². The minimum atomic E-state index is -1.23. The van der Waals surface area contributed by atoms with Gasteiger partial charge in [-0.15, -0.1) is 59.7 Å². The predicted molar refractivity (Wildman–Crippen MR) is 195 cm³/mol. The molecule has 0 amide bonds. The van der Waals surface area contributed by atoms with Crippen molar-refractivity contribution in [3.63, 3.8) is 0 Å².